The molecule has 1 aromatic carbocycles. The minimum atomic E-state index is 0.131. The zero-order valence-electron chi connectivity index (χ0n) is 11.6. The highest BCUT2D eigenvalue weighted by atomic mass is 32.1. The number of anilines is 1. The second-order valence-electron chi connectivity index (χ2n) is 5.66. The van der Waals surface area contributed by atoms with Crippen molar-refractivity contribution in [3.8, 4) is 11.1 Å². The van der Waals surface area contributed by atoms with E-state index in [0.717, 1.165) is 17.2 Å². The molecule has 1 unspecified atom stereocenters. The Labute approximate surface area is 123 Å². The van der Waals surface area contributed by atoms with Crippen LogP contribution in [-0.4, -0.2) is 5.91 Å². The molecule has 0 aliphatic heterocycles. The molecular formula is C17H19NOS. The van der Waals surface area contributed by atoms with Crippen molar-refractivity contribution in [1.29, 1.82) is 0 Å². The topological polar surface area (TPSA) is 29.1 Å². The van der Waals surface area contributed by atoms with E-state index < -0.39 is 0 Å². The first-order chi connectivity index (χ1) is 9.72. The van der Waals surface area contributed by atoms with Crippen molar-refractivity contribution in [3.63, 3.8) is 0 Å². The molecule has 2 aromatic rings. The van der Waals surface area contributed by atoms with E-state index in [1.54, 1.807) is 11.3 Å². The zero-order chi connectivity index (χ0) is 13.9. The predicted molar refractivity (Wildman–Crippen MR) is 84.9 cm³/mol. The smallest absolute Gasteiger partial charge is 0.224 e. The Bertz CT molecular complexity index is 587. The van der Waals surface area contributed by atoms with Crippen molar-refractivity contribution in [3.05, 3.63) is 41.1 Å². The molecule has 3 rings (SSSR count). The van der Waals surface area contributed by atoms with Gasteiger partial charge in [0, 0.05) is 12.1 Å². The number of carbonyl (C=O) groups excluding carboxylic acids is 1. The summed E-state index contributed by atoms with van der Waals surface area (Å²) in [5, 5.41) is 7.21. The van der Waals surface area contributed by atoms with E-state index in [0.29, 0.717) is 12.3 Å². The molecule has 0 saturated heterocycles. The fourth-order valence-corrected chi connectivity index (χ4v) is 3.21. The van der Waals surface area contributed by atoms with Gasteiger partial charge in [-0.15, -0.1) is 0 Å². The number of hydrogen-bond acceptors (Lipinski definition) is 2. The average Bonchev–Trinajstić information content (AvgIpc) is 3.14. The number of amides is 1. The number of nitrogens with one attached hydrogen (secondary N) is 1. The van der Waals surface area contributed by atoms with E-state index in [1.807, 2.05) is 18.2 Å². The van der Waals surface area contributed by atoms with Crippen LogP contribution in [0.4, 0.5) is 5.69 Å². The first-order valence-corrected chi connectivity index (χ1v) is 8.09. The van der Waals surface area contributed by atoms with Crippen LogP contribution in [0.25, 0.3) is 11.1 Å². The lowest BCUT2D eigenvalue weighted by atomic mass is 10.0. The minimum Gasteiger partial charge on any atom is -0.326 e. The van der Waals surface area contributed by atoms with Crippen molar-refractivity contribution in [1.82, 2.24) is 0 Å². The van der Waals surface area contributed by atoms with Gasteiger partial charge in [0.05, 0.1) is 0 Å². The highest BCUT2D eigenvalue weighted by Gasteiger charge is 2.29. The molecule has 1 atom stereocenters. The molecule has 1 aromatic heterocycles. The lowest BCUT2D eigenvalue weighted by Gasteiger charge is -2.11. The first-order valence-electron chi connectivity index (χ1n) is 7.15. The van der Waals surface area contributed by atoms with Crippen LogP contribution in [-0.2, 0) is 4.79 Å². The molecule has 1 amide bonds. The maximum absolute atomic E-state index is 12.0. The van der Waals surface area contributed by atoms with Gasteiger partial charge < -0.3 is 5.32 Å². The number of benzene rings is 1. The Morgan fingerprint density at radius 3 is 2.90 bits per heavy atom. The third kappa shape index (κ3) is 3.28. The quantitative estimate of drug-likeness (QED) is 0.840. The minimum absolute atomic E-state index is 0.131. The summed E-state index contributed by atoms with van der Waals surface area (Å²) in [5.74, 6) is 1.42. The van der Waals surface area contributed by atoms with E-state index in [1.165, 1.54) is 18.4 Å². The van der Waals surface area contributed by atoms with Crippen molar-refractivity contribution in [2.45, 2.75) is 26.2 Å². The Morgan fingerprint density at radius 1 is 1.35 bits per heavy atom. The van der Waals surface area contributed by atoms with Crippen LogP contribution >= 0.6 is 11.3 Å². The largest absolute Gasteiger partial charge is 0.326 e. The van der Waals surface area contributed by atoms with Gasteiger partial charge in [0.2, 0.25) is 5.91 Å². The van der Waals surface area contributed by atoms with Gasteiger partial charge in [0.25, 0.3) is 0 Å². The SMILES string of the molecule is CC(CC(=O)Nc1cccc(-c2ccsc2)c1)C1CC1. The second kappa shape index (κ2) is 5.80. The molecule has 1 N–H and O–H groups in total. The van der Waals surface area contributed by atoms with Crippen LogP contribution in [0, 0.1) is 11.8 Å². The molecular weight excluding hydrogens is 266 g/mol. The third-order valence-corrected chi connectivity index (χ3v) is 4.62. The van der Waals surface area contributed by atoms with E-state index in [4.69, 9.17) is 0 Å². The number of hydrogen-bond donors (Lipinski definition) is 1. The maximum atomic E-state index is 12.0. The van der Waals surface area contributed by atoms with Gasteiger partial charge in [0.15, 0.2) is 0 Å². The molecule has 3 heteroatoms. The number of rotatable bonds is 5. The zero-order valence-corrected chi connectivity index (χ0v) is 12.5. The molecule has 1 aliphatic rings. The molecule has 2 nitrogen and oxygen atoms in total. The number of carbonyl (C=O) groups is 1. The monoisotopic (exact) mass is 285 g/mol. The fraction of sp³-hybridized carbons (Fsp3) is 0.353. The van der Waals surface area contributed by atoms with E-state index >= 15 is 0 Å². The Morgan fingerprint density at radius 2 is 2.20 bits per heavy atom. The van der Waals surface area contributed by atoms with Gasteiger partial charge in [-0.05, 0) is 64.8 Å². The number of thiophene rings is 1. The summed E-state index contributed by atoms with van der Waals surface area (Å²) >= 11 is 1.69. The molecule has 1 saturated carbocycles. The van der Waals surface area contributed by atoms with Gasteiger partial charge in [-0.2, -0.15) is 11.3 Å². The molecule has 1 heterocycles. The second-order valence-corrected chi connectivity index (χ2v) is 6.44. The van der Waals surface area contributed by atoms with Gasteiger partial charge in [-0.25, -0.2) is 0 Å². The fourth-order valence-electron chi connectivity index (χ4n) is 2.54. The molecule has 0 radical (unpaired) electrons. The molecule has 1 fully saturated rings. The van der Waals surface area contributed by atoms with Crippen LogP contribution < -0.4 is 5.32 Å². The molecule has 0 spiro atoms. The normalized spacial score (nSPS) is 15.8. The van der Waals surface area contributed by atoms with Crippen molar-refractivity contribution >= 4 is 22.9 Å². The molecule has 104 valence electrons. The van der Waals surface area contributed by atoms with Crippen molar-refractivity contribution < 1.29 is 4.79 Å². The van der Waals surface area contributed by atoms with Crippen molar-refractivity contribution in [2.24, 2.45) is 11.8 Å². The summed E-state index contributed by atoms with van der Waals surface area (Å²) in [6.07, 6.45) is 3.22. The summed E-state index contributed by atoms with van der Waals surface area (Å²) in [6, 6.07) is 10.2. The van der Waals surface area contributed by atoms with E-state index in [-0.39, 0.29) is 5.91 Å². The van der Waals surface area contributed by atoms with Gasteiger partial charge >= 0.3 is 0 Å². The highest BCUT2D eigenvalue weighted by Crippen LogP contribution is 2.38. The lowest BCUT2D eigenvalue weighted by molar-refractivity contribution is -0.117. The summed E-state index contributed by atoms with van der Waals surface area (Å²) in [7, 11) is 0. The highest BCUT2D eigenvalue weighted by molar-refractivity contribution is 7.08. The Balaban J connectivity index is 1.65. The summed E-state index contributed by atoms with van der Waals surface area (Å²) in [6.45, 7) is 2.18. The third-order valence-electron chi connectivity index (χ3n) is 3.93. The van der Waals surface area contributed by atoms with Gasteiger partial charge in [0.1, 0.15) is 0 Å². The maximum Gasteiger partial charge on any atom is 0.224 e. The van der Waals surface area contributed by atoms with Crippen LogP contribution in [0.2, 0.25) is 0 Å². The van der Waals surface area contributed by atoms with Gasteiger partial charge in [-0.1, -0.05) is 19.1 Å². The van der Waals surface area contributed by atoms with Crippen LogP contribution in [0.15, 0.2) is 41.1 Å². The van der Waals surface area contributed by atoms with Gasteiger partial charge in [-0.3, -0.25) is 4.79 Å². The Kier molecular flexibility index (Phi) is 3.88. The molecule has 1 aliphatic carbocycles. The first kappa shape index (κ1) is 13.4. The predicted octanol–water partition coefficient (Wildman–Crippen LogP) is 4.79. The average molecular weight is 285 g/mol. The van der Waals surface area contributed by atoms with Crippen LogP contribution in [0.5, 0.6) is 0 Å². The van der Waals surface area contributed by atoms with E-state index in [2.05, 4.69) is 35.1 Å². The standard InChI is InChI=1S/C17H19NOS/c1-12(13-5-6-13)9-17(19)18-16-4-2-3-14(10-16)15-7-8-20-11-15/h2-4,7-8,10-13H,5-6,9H2,1H3,(H,18,19). The van der Waals surface area contributed by atoms with Crippen LogP contribution in [0.3, 0.4) is 0 Å². The molecule has 20 heavy (non-hydrogen) atoms. The summed E-state index contributed by atoms with van der Waals surface area (Å²) in [4.78, 5) is 12.0. The summed E-state index contributed by atoms with van der Waals surface area (Å²) in [5.41, 5.74) is 3.25. The Hall–Kier alpha value is -1.61. The van der Waals surface area contributed by atoms with Crippen LogP contribution in [0.1, 0.15) is 26.2 Å². The molecule has 0 bridgehead atoms. The summed E-state index contributed by atoms with van der Waals surface area (Å²) < 4.78 is 0. The van der Waals surface area contributed by atoms with E-state index in [9.17, 15) is 4.79 Å². The lowest BCUT2D eigenvalue weighted by Crippen LogP contribution is -2.16. The van der Waals surface area contributed by atoms with Crippen molar-refractivity contribution in [2.75, 3.05) is 5.32 Å².